The summed E-state index contributed by atoms with van der Waals surface area (Å²) in [5.41, 5.74) is 7.40. The van der Waals surface area contributed by atoms with Crippen molar-refractivity contribution in [1.82, 2.24) is 10.3 Å². The standard InChI is InChI=1S/C14H15N3O2/c1-19-13-6-5-10(15)8-12(13)14(18)17-9-11-4-2-3-7-16-11/h2-8H,9,15H2,1H3,(H,17,18). The van der Waals surface area contributed by atoms with Crippen molar-refractivity contribution in [3.8, 4) is 5.75 Å². The topological polar surface area (TPSA) is 77.2 Å². The third kappa shape index (κ3) is 3.22. The predicted molar refractivity (Wildman–Crippen MR) is 72.8 cm³/mol. The molecule has 0 aliphatic carbocycles. The molecule has 0 aliphatic rings. The van der Waals surface area contributed by atoms with Gasteiger partial charge in [-0.3, -0.25) is 9.78 Å². The van der Waals surface area contributed by atoms with E-state index in [0.29, 0.717) is 23.5 Å². The van der Waals surface area contributed by atoms with Crippen molar-refractivity contribution >= 4 is 11.6 Å². The van der Waals surface area contributed by atoms with Gasteiger partial charge in [0.15, 0.2) is 0 Å². The maximum absolute atomic E-state index is 12.1. The Balaban J connectivity index is 2.10. The molecule has 3 N–H and O–H groups in total. The van der Waals surface area contributed by atoms with Crippen molar-refractivity contribution in [2.75, 3.05) is 12.8 Å². The maximum Gasteiger partial charge on any atom is 0.255 e. The van der Waals surface area contributed by atoms with E-state index in [-0.39, 0.29) is 5.91 Å². The quantitative estimate of drug-likeness (QED) is 0.816. The number of benzene rings is 1. The monoisotopic (exact) mass is 257 g/mol. The highest BCUT2D eigenvalue weighted by Crippen LogP contribution is 2.20. The first-order valence-corrected chi connectivity index (χ1v) is 5.82. The predicted octanol–water partition coefficient (Wildman–Crippen LogP) is 1.60. The number of amides is 1. The van der Waals surface area contributed by atoms with Crippen molar-refractivity contribution in [3.63, 3.8) is 0 Å². The summed E-state index contributed by atoms with van der Waals surface area (Å²) in [4.78, 5) is 16.2. The lowest BCUT2D eigenvalue weighted by atomic mass is 10.1. The zero-order valence-electron chi connectivity index (χ0n) is 10.6. The minimum absolute atomic E-state index is 0.241. The van der Waals surface area contributed by atoms with Gasteiger partial charge in [0.1, 0.15) is 5.75 Å². The molecular formula is C14H15N3O2. The Morgan fingerprint density at radius 3 is 2.89 bits per heavy atom. The Bertz CT molecular complexity index is 570. The molecule has 0 bridgehead atoms. The number of pyridine rings is 1. The van der Waals surface area contributed by atoms with Crippen LogP contribution < -0.4 is 15.8 Å². The highest BCUT2D eigenvalue weighted by Gasteiger charge is 2.12. The molecule has 5 nitrogen and oxygen atoms in total. The van der Waals surface area contributed by atoms with Gasteiger partial charge in [0.25, 0.3) is 5.91 Å². The summed E-state index contributed by atoms with van der Waals surface area (Å²) in [7, 11) is 1.51. The Morgan fingerprint density at radius 1 is 1.37 bits per heavy atom. The van der Waals surface area contributed by atoms with Gasteiger partial charge in [0.05, 0.1) is 24.9 Å². The van der Waals surface area contributed by atoms with Crippen LogP contribution in [0.2, 0.25) is 0 Å². The molecule has 1 amide bonds. The fourth-order valence-corrected chi connectivity index (χ4v) is 1.67. The van der Waals surface area contributed by atoms with E-state index in [9.17, 15) is 4.79 Å². The van der Waals surface area contributed by atoms with Crippen LogP contribution in [0.25, 0.3) is 0 Å². The molecule has 0 spiro atoms. The van der Waals surface area contributed by atoms with Gasteiger partial charge in [-0.05, 0) is 30.3 Å². The fourth-order valence-electron chi connectivity index (χ4n) is 1.67. The van der Waals surface area contributed by atoms with Crippen LogP contribution >= 0.6 is 0 Å². The van der Waals surface area contributed by atoms with Gasteiger partial charge in [-0.2, -0.15) is 0 Å². The van der Waals surface area contributed by atoms with Gasteiger partial charge in [-0.15, -0.1) is 0 Å². The number of hydrogen-bond acceptors (Lipinski definition) is 4. The number of aromatic nitrogens is 1. The molecule has 0 fully saturated rings. The third-order valence-electron chi connectivity index (χ3n) is 2.62. The first kappa shape index (κ1) is 12.9. The molecule has 0 saturated carbocycles. The molecule has 0 atom stereocenters. The number of nitrogen functional groups attached to an aromatic ring is 1. The summed E-state index contributed by atoms with van der Waals surface area (Å²) in [5.74, 6) is 0.252. The van der Waals surface area contributed by atoms with Gasteiger partial charge >= 0.3 is 0 Å². The maximum atomic E-state index is 12.1. The molecule has 0 saturated heterocycles. The van der Waals surface area contributed by atoms with E-state index in [1.807, 2.05) is 18.2 Å². The molecule has 1 aromatic heterocycles. The zero-order chi connectivity index (χ0) is 13.7. The summed E-state index contributed by atoms with van der Waals surface area (Å²) in [6, 6.07) is 10.5. The van der Waals surface area contributed by atoms with Gasteiger partial charge in [-0.1, -0.05) is 6.07 Å². The summed E-state index contributed by atoms with van der Waals surface area (Å²) in [5, 5.41) is 2.78. The van der Waals surface area contributed by atoms with Crippen molar-refractivity contribution in [3.05, 3.63) is 53.9 Å². The summed E-state index contributed by atoms with van der Waals surface area (Å²) < 4.78 is 5.14. The lowest BCUT2D eigenvalue weighted by molar-refractivity contribution is 0.0947. The van der Waals surface area contributed by atoms with Crippen LogP contribution in [0.4, 0.5) is 5.69 Å². The highest BCUT2D eigenvalue weighted by atomic mass is 16.5. The molecule has 2 aromatic rings. The van der Waals surface area contributed by atoms with Gasteiger partial charge in [0.2, 0.25) is 0 Å². The number of anilines is 1. The van der Waals surface area contributed by atoms with Crippen molar-refractivity contribution < 1.29 is 9.53 Å². The minimum atomic E-state index is -0.241. The normalized spacial score (nSPS) is 9.95. The van der Waals surface area contributed by atoms with E-state index < -0.39 is 0 Å². The van der Waals surface area contributed by atoms with Crippen molar-refractivity contribution in [2.45, 2.75) is 6.54 Å². The summed E-state index contributed by atoms with van der Waals surface area (Å²) in [6.07, 6.45) is 1.68. The average molecular weight is 257 g/mol. The van der Waals surface area contributed by atoms with Crippen molar-refractivity contribution in [1.29, 1.82) is 0 Å². The van der Waals surface area contributed by atoms with Crippen LogP contribution in [0.15, 0.2) is 42.6 Å². The van der Waals surface area contributed by atoms with Gasteiger partial charge < -0.3 is 15.8 Å². The number of nitrogens with two attached hydrogens (primary N) is 1. The second-order valence-electron chi connectivity index (χ2n) is 3.96. The van der Waals surface area contributed by atoms with E-state index in [1.54, 1.807) is 24.4 Å². The summed E-state index contributed by atoms with van der Waals surface area (Å²) in [6.45, 7) is 0.359. The second kappa shape index (κ2) is 5.86. The number of rotatable bonds is 4. The first-order chi connectivity index (χ1) is 9.20. The van der Waals surface area contributed by atoms with Gasteiger partial charge in [-0.25, -0.2) is 0 Å². The SMILES string of the molecule is COc1ccc(N)cc1C(=O)NCc1ccccn1. The van der Waals surface area contributed by atoms with Crippen LogP contribution in [0.5, 0.6) is 5.75 Å². The van der Waals surface area contributed by atoms with E-state index in [2.05, 4.69) is 10.3 Å². The Kier molecular flexibility index (Phi) is 3.97. The zero-order valence-corrected chi connectivity index (χ0v) is 10.6. The number of ether oxygens (including phenoxy) is 1. The molecule has 98 valence electrons. The molecular weight excluding hydrogens is 242 g/mol. The first-order valence-electron chi connectivity index (χ1n) is 5.82. The Labute approximate surface area is 111 Å². The smallest absolute Gasteiger partial charge is 0.255 e. The number of hydrogen-bond donors (Lipinski definition) is 2. The molecule has 1 aromatic carbocycles. The molecule has 0 unspecified atom stereocenters. The number of carbonyl (C=O) groups excluding carboxylic acids is 1. The fraction of sp³-hybridized carbons (Fsp3) is 0.143. The number of nitrogens with zero attached hydrogens (tertiary/aromatic N) is 1. The van der Waals surface area contributed by atoms with E-state index >= 15 is 0 Å². The average Bonchev–Trinajstić information content (AvgIpc) is 2.46. The molecule has 5 heteroatoms. The van der Waals surface area contributed by atoms with Crippen LogP contribution in [-0.4, -0.2) is 18.0 Å². The third-order valence-corrected chi connectivity index (χ3v) is 2.62. The van der Waals surface area contributed by atoms with E-state index in [4.69, 9.17) is 10.5 Å². The molecule has 0 radical (unpaired) electrons. The minimum Gasteiger partial charge on any atom is -0.496 e. The van der Waals surface area contributed by atoms with Crippen LogP contribution in [0.1, 0.15) is 16.1 Å². The lowest BCUT2D eigenvalue weighted by Gasteiger charge is -2.09. The highest BCUT2D eigenvalue weighted by molar-refractivity contribution is 5.97. The molecule has 0 aliphatic heterocycles. The van der Waals surface area contributed by atoms with Gasteiger partial charge in [0, 0.05) is 11.9 Å². The number of carbonyl (C=O) groups is 1. The lowest BCUT2D eigenvalue weighted by Crippen LogP contribution is -2.23. The molecule has 2 rings (SSSR count). The number of methoxy groups -OCH3 is 1. The molecule has 1 heterocycles. The van der Waals surface area contributed by atoms with Crippen LogP contribution in [-0.2, 0) is 6.54 Å². The van der Waals surface area contributed by atoms with E-state index in [0.717, 1.165) is 5.69 Å². The molecule has 19 heavy (non-hydrogen) atoms. The largest absolute Gasteiger partial charge is 0.496 e. The Hall–Kier alpha value is -2.56. The number of nitrogens with one attached hydrogen (secondary N) is 1. The van der Waals surface area contributed by atoms with Crippen LogP contribution in [0.3, 0.4) is 0 Å². The second-order valence-corrected chi connectivity index (χ2v) is 3.96. The Morgan fingerprint density at radius 2 is 2.21 bits per heavy atom. The van der Waals surface area contributed by atoms with Crippen LogP contribution in [0, 0.1) is 0 Å². The van der Waals surface area contributed by atoms with Crippen molar-refractivity contribution in [2.24, 2.45) is 0 Å². The van der Waals surface area contributed by atoms with E-state index in [1.165, 1.54) is 7.11 Å². The summed E-state index contributed by atoms with van der Waals surface area (Å²) >= 11 is 0.